The second-order valence-electron chi connectivity index (χ2n) is 8.13. The first-order valence-electron chi connectivity index (χ1n) is 11.1. The zero-order valence-corrected chi connectivity index (χ0v) is 18.9. The van der Waals surface area contributed by atoms with E-state index in [4.69, 9.17) is 9.47 Å². The van der Waals surface area contributed by atoms with Gasteiger partial charge in [0.1, 0.15) is 18.1 Å². The third kappa shape index (κ3) is 5.71. The number of rotatable bonds is 8. The van der Waals surface area contributed by atoms with Crippen LogP contribution in [0.4, 0.5) is 11.4 Å². The maximum absolute atomic E-state index is 12.8. The van der Waals surface area contributed by atoms with Gasteiger partial charge in [-0.15, -0.1) is 0 Å². The molecule has 1 N–H and O–H groups in total. The van der Waals surface area contributed by atoms with Crippen molar-refractivity contribution < 1.29 is 19.1 Å². The highest BCUT2D eigenvalue weighted by Gasteiger charge is 2.31. The number of carbonyl (C=O) groups excluding carboxylic acids is 2. The number of benzene rings is 3. The number of hydrogen-bond acceptors (Lipinski definition) is 4. The van der Waals surface area contributed by atoms with Gasteiger partial charge in [0.2, 0.25) is 5.91 Å². The van der Waals surface area contributed by atoms with Gasteiger partial charge in [-0.25, -0.2) is 0 Å². The van der Waals surface area contributed by atoms with E-state index in [0.717, 1.165) is 16.9 Å². The van der Waals surface area contributed by atoms with Gasteiger partial charge in [-0.05, 0) is 56.2 Å². The van der Waals surface area contributed by atoms with E-state index in [-0.39, 0.29) is 11.8 Å². The summed E-state index contributed by atoms with van der Waals surface area (Å²) in [4.78, 5) is 27.0. The molecule has 6 heteroatoms. The Kier molecular flexibility index (Phi) is 6.93. The molecule has 2 amide bonds. The monoisotopic (exact) mass is 444 g/mol. The second-order valence-corrected chi connectivity index (χ2v) is 8.13. The predicted octanol–water partition coefficient (Wildman–Crippen LogP) is 4.76. The van der Waals surface area contributed by atoms with E-state index >= 15 is 0 Å². The van der Waals surface area contributed by atoms with Crippen LogP contribution >= 0.6 is 0 Å². The van der Waals surface area contributed by atoms with Crippen LogP contribution in [0.2, 0.25) is 0 Å². The number of amides is 2. The molecule has 1 aliphatic rings. The van der Waals surface area contributed by atoms with Crippen LogP contribution in [0, 0.1) is 6.92 Å². The maximum Gasteiger partial charge on any atom is 0.267 e. The zero-order chi connectivity index (χ0) is 23.2. The molecule has 1 aliphatic heterocycles. The largest absolute Gasteiger partial charge is 0.492 e. The lowest BCUT2D eigenvalue weighted by Crippen LogP contribution is -2.46. The number of aryl methyl sites for hydroxylation is 2. The minimum absolute atomic E-state index is 0.0792. The van der Waals surface area contributed by atoms with Crippen LogP contribution in [0.25, 0.3) is 0 Å². The van der Waals surface area contributed by atoms with Gasteiger partial charge in [-0.2, -0.15) is 0 Å². The SMILES string of the molecule is Cc1ccc(OCCN2C(=O)C(C)Oc3ccc(NC(=O)CCc4ccccc4)cc32)cc1. The molecule has 0 spiro atoms. The standard InChI is InChI=1S/C27H28N2O4/c1-19-8-12-23(13-9-19)32-17-16-29-24-18-22(11-14-25(24)33-20(2)27(29)31)28-26(30)15-10-21-6-4-3-5-7-21/h3-9,11-14,18,20H,10,15-17H2,1-2H3,(H,28,30). The second kappa shape index (κ2) is 10.2. The molecule has 0 radical (unpaired) electrons. The fourth-order valence-corrected chi connectivity index (χ4v) is 3.73. The highest BCUT2D eigenvalue weighted by Crippen LogP contribution is 2.36. The summed E-state index contributed by atoms with van der Waals surface area (Å²) in [5.41, 5.74) is 3.53. The summed E-state index contributed by atoms with van der Waals surface area (Å²) in [6.07, 6.45) is 0.462. The molecule has 170 valence electrons. The van der Waals surface area contributed by atoms with Crippen molar-refractivity contribution in [2.75, 3.05) is 23.4 Å². The van der Waals surface area contributed by atoms with E-state index in [1.54, 1.807) is 30.0 Å². The summed E-state index contributed by atoms with van der Waals surface area (Å²) in [5, 5.41) is 2.93. The summed E-state index contributed by atoms with van der Waals surface area (Å²) in [6, 6.07) is 23.1. The smallest absolute Gasteiger partial charge is 0.267 e. The van der Waals surface area contributed by atoms with Crippen LogP contribution in [-0.4, -0.2) is 31.1 Å². The van der Waals surface area contributed by atoms with Gasteiger partial charge < -0.3 is 19.7 Å². The number of anilines is 2. The Morgan fingerprint density at radius 1 is 1.06 bits per heavy atom. The molecule has 3 aromatic carbocycles. The van der Waals surface area contributed by atoms with E-state index in [2.05, 4.69) is 5.32 Å². The average molecular weight is 445 g/mol. The molecule has 0 aliphatic carbocycles. The fraction of sp³-hybridized carbons (Fsp3) is 0.259. The van der Waals surface area contributed by atoms with Crippen molar-refractivity contribution in [3.63, 3.8) is 0 Å². The summed E-state index contributed by atoms with van der Waals surface area (Å²) in [6.45, 7) is 4.47. The van der Waals surface area contributed by atoms with Crippen LogP contribution in [0.15, 0.2) is 72.8 Å². The molecule has 4 rings (SSSR count). The third-order valence-electron chi connectivity index (χ3n) is 5.54. The Bertz CT molecular complexity index is 1110. The van der Waals surface area contributed by atoms with Crippen LogP contribution < -0.4 is 19.7 Å². The minimum atomic E-state index is -0.580. The Morgan fingerprint density at radius 3 is 2.58 bits per heavy atom. The first kappa shape index (κ1) is 22.4. The number of hydrogen-bond donors (Lipinski definition) is 1. The Morgan fingerprint density at radius 2 is 1.82 bits per heavy atom. The van der Waals surface area contributed by atoms with Crippen molar-refractivity contribution in [3.05, 3.63) is 83.9 Å². The zero-order valence-electron chi connectivity index (χ0n) is 18.9. The summed E-state index contributed by atoms with van der Waals surface area (Å²) in [5.74, 6) is 1.15. The van der Waals surface area contributed by atoms with Gasteiger partial charge in [-0.1, -0.05) is 48.0 Å². The van der Waals surface area contributed by atoms with E-state index in [0.29, 0.717) is 43.1 Å². The highest BCUT2D eigenvalue weighted by atomic mass is 16.5. The molecule has 0 bridgehead atoms. The molecule has 1 unspecified atom stereocenters. The van der Waals surface area contributed by atoms with Crippen molar-refractivity contribution in [1.82, 2.24) is 0 Å². The van der Waals surface area contributed by atoms with E-state index in [1.165, 1.54) is 0 Å². The average Bonchev–Trinajstić information content (AvgIpc) is 2.82. The third-order valence-corrected chi connectivity index (χ3v) is 5.54. The summed E-state index contributed by atoms with van der Waals surface area (Å²) in [7, 11) is 0. The van der Waals surface area contributed by atoms with Gasteiger partial charge in [0.05, 0.1) is 12.2 Å². The number of nitrogens with zero attached hydrogens (tertiary/aromatic N) is 1. The number of nitrogens with one attached hydrogen (secondary N) is 1. The van der Waals surface area contributed by atoms with E-state index < -0.39 is 6.10 Å². The van der Waals surface area contributed by atoms with Crippen LogP contribution in [-0.2, 0) is 16.0 Å². The molecular weight excluding hydrogens is 416 g/mol. The topological polar surface area (TPSA) is 67.9 Å². The summed E-state index contributed by atoms with van der Waals surface area (Å²) < 4.78 is 11.6. The van der Waals surface area contributed by atoms with Crippen LogP contribution in [0.1, 0.15) is 24.5 Å². The molecule has 0 saturated heterocycles. The number of fused-ring (bicyclic) bond motifs is 1. The molecule has 0 aromatic heterocycles. The van der Waals surface area contributed by atoms with E-state index in [1.807, 2.05) is 61.5 Å². The first-order valence-corrected chi connectivity index (χ1v) is 11.1. The Labute approximate surface area is 194 Å². The van der Waals surface area contributed by atoms with Gasteiger partial charge in [0, 0.05) is 12.1 Å². The lowest BCUT2D eigenvalue weighted by molar-refractivity contribution is -0.125. The molecule has 0 fully saturated rings. The highest BCUT2D eigenvalue weighted by molar-refractivity contribution is 6.01. The number of ether oxygens (including phenoxy) is 2. The fourth-order valence-electron chi connectivity index (χ4n) is 3.73. The van der Waals surface area contributed by atoms with Crippen molar-refractivity contribution in [3.8, 4) is 11.5 Å². The quantitative estimate of drug-likeness (QED) is 0.544. The predicted molar refractivity (Wildman–Crippen MR) is 129 cm³/mol. The van der Waals surface area contributed by atoms with Gasteiger partial charge in [0.15, 0.2) is 6.10 Å². The molecule has 33 heavy (non-hydrogen) atoms. The van der Waals surface area contributed by atoms with Crippen LogP contribution in [0.3, 0.4) is 0 Å². The van der Waals surface area contributed by atoms with Gasteiger partial charge >= 0.3 is 0 Å². The lowest BCUT2D eigenvalue weighted by Gasteiger charge is -2.33. The minimum Gasteiger partial charge on any atom is -0.492 e. The Hall–Kier alpha value is -3.80. The molecule has 3 aromatic rings. The van der Waals surface area contributed by atoms with Crippen molar-refractivity contribution in [1.29, 1.82) is 0 Å². The van der Waals surface area contributed by atoms with Crippen molar-refractivity contribution in [2.24, 2.45) is 0 Å². The number of carbonyl (C=O) groups is 2. The molecular formula is C27H28N2O4. The normalized spacial score (nSPS) is 14.9. The molecule has 1 heterocycles. The summed E-state index contributed by atoms with van der Waals surface area (Å²) >= 11 is 0. The first-order chi connectivity index (χ1) is 16.0. The maximum atomic E-state index is 12.8. The van der Waals surface area contributed by atoms with Crippen molar-refractivity contribution >= 4 is 23.2 Å². The molecule has 6 nitrogen and oxygen atoms in total. The van der Waals surface area contributed by atoms with E-state index in [9.17, 15) is 9.59 Å². The molecule has 0 saturated carbocycles. The van der Waals surface area contributed by atoms with Gasteiger partial charge in [0.25, 0.3) is 5.91 Å². The molecule has 1 atom stereocenters. The van der Waals surface area contributed by atoms with Crippen LogP contribution in [0.5, 0.6) is 11.5 Å². The van der Waals surface area contributed by atoms with Crippen molar-refractivity contribution in [2.45, 2.75) is 32.8 Å². The Balaban J connectivity index is 1.41. The van der Waals surface area contributed by atoms with Gasteiger partial charge in [-0.3, -0.25) is 9.59 Å². The lowest BCUT2D eigenvalue weighted by atomic mass is 10.1.